The molecule has 88 valence electrons. The van der Waals surface area contributed by atoms with E-state index in [1.165, 1.54) is 23.3 Å². The third-order valence-electron chi connectivity index (χ3n) is 2.52. The van der Waals surface area contributed by atoms with Gasteiger partial charge in [-0.15, -0.1) is 0 Å². The second-order valence-electron chi connectivity index (χ2n) is 4.05. The minimum Gasteiger partial charge on any atom is -0.398 e. The summed E-state index contributed by atoms with van der Waals surface area (Å²) in [6.45, 7) is 4.13. The quantitative estimate of drug-likeness (QED) is 0.806. The summed E-state index contributed by atoms with van der Waals surface area (Å²) in [6.07, 6.45) is 0. The van der Waals surface area contributed by atoms with Crippen molar-refractivity contribution in [2.45, 2.75) is 23.6 Å². The van der Waals surface area contributed by atoms with Gasteiger partial charge in [0.05, 0.1) is 0 Å². The molecule has 2 N–H and O–H groups in total. The summed E-state index contributed by atoms with van der Waals surface area (Å²) in [5, 5.41) is 0. The van der Waals surface area contributed by atoms with Gasteiger partial charge in [-0.2, -0.15) is 0 Å². The largest absolute Gasteiger partial charge is 0.398 e. The Balaban J connectivity index is 2.31. The van der Waals surface area contributed by atoms with Crippen molar-refractivity contribution >= 4 is 17.4 Å². The lowest BCUT2D eigenvalue weighted by Crippen LogP contribution is -1.90. The monoisotopic (exact) mass is 247 g/mol. The van der Waals surface area contributed by atoms with Crippen molar-refractivity contribution in [2.75, 3.05) is 5.73 Å². The maximum atomic E-state index is 12.9. The first kappa shape index (κ1) is 12.0. The van der Waals surface area contributed by atoms with E-state index >= 15 is 0 Å². The van der Waals surface area contributed by atoms with E-state index in [-0.39, 0.29) is 5.82 Å². The van der Waals surface area contributed by atoms with E-state index < -0.39 is 0 Å². The minimum atomic E-state index is -0.299. The molecule has 0 aromatic heterocycles. The van der Waals surface area contributed by atoms with Crippen LogP contribution in [-0.2, 0) is 0 Å². The molecule has 0 amide bonds. The maximum Gasteiger partial charge on any atom is 0.125 e. The highest BCUT2D eigenvalue weighted by Gasteiger charge is 2.05. The average molecular weight is 247 g/mol. The van der Waals surface area contributed by atoms with Crippen LogP contribution in [0.3, 0.4) is 0 Å². The molecule has 1 nitrogen and oxygen atoms in total. The van der Waals surface area contributed by atoms with Crippen LogP contribution in [0.5, 0.6) is 0 Å². The number of hydrogen-bond acceptors (Lipinski definition) is 2. The summed E-state index contributed by atoms with van der Waals surface area (Å²) in [5.74, 6) is -0.299. The van der Waals surface area contributed by atoms with Crippen molar-refractivity contribution in [3.63, 3.8) is 0 Å². The van der Waals surface area contributed by atoms with Crippen LogP contribution in [0.2, 0.25) is 0 Å². The fourth-order valence-electron chi connectivity index (χ4n) is 1.64. The molecule has 0 saturated heterocycles. The number of halogens is 1. The van der Waals surface area contributed by atoms with E-state index in [4.69, 9.17) is 5.73 Å². The Morgan fingerprint density at radius 1 is 1.00 bits per heavy atom. The number of rotatable bonds is 2. The lowest BCUT2D eigenvalue weighted by atomic mass is 10.2. The van der Waals surface area contributed by atoms with Gasteiger partial charge in [0.15, 0.2) is 0 Å². The molecule has 0 unspecified atom stereocenters. The smallest absolute Gasteiger partial charge is 0.125 e. The zero-order valence-corrected chi connectivity index (χ0v) is 10.6. The van der Waals surface area contributed by atoms with Crippen LogP contribution in [0.4, 0.5) is 10.1 Å². The molecule has 0 saturated carbocycles. The topological polar surface area (TPSA) is 26.0 Å². The Morgan fingerprint density at radius 2 is 1.71 bits per heavy atom. The third-order valence-corrected chi connectivity index (χ3v) is 3.79. The van der Waals surface area contributed by atoms with Crippen molar-refractivity contribution in [2.24, 2.45) is 0 Å². The normalized spacial score (nSPS) is 10.5. The molecule has 2 aromatic rings. The molecule has 2 aromatic carbocycles. The van der Waals surface area contributed by atoms with Crippen LogP contribution in [0.25, 0.3) is 0 Å². The molecule has 2 rings (SSSR count). The Morgan fingerprint density at radius 3 is 2.35 bits per heavy atom. The van der Waals surface area contributed by atoms with Gasteiger partial charge in [-0.05, 0) is 43.7 Å². The van der Waals surface area contributed by atoms with Gasteiger partial charge < -0.3 is 5.73 Å². The minimum absolute atomic E-state index is 0.299. The Hall–Kier alpha value is -1.48. The maximum absolute atomic E-state index is 12.9. The number of anilines is 1. The highest BCUT2D eigenvalue weighted by molar-refractivity contribution is 7.99. The van der Waals surface area contributed by atoms with Crippen molar-refractivity contribution in [3.8, 4) is 0 Å². The number of nitrogens with two attached hydrogens (primary N) is 1. The molecule has 0 heterocycles. The molecule has 0 fully saturated rings. The van der Waals surface area contributed by atoms with Crippen molar-refractivity contribution in [3.05, 3.63) is 53.3 Å². The third kappa shape index (κ3) is 2.80. The van der Waals surface area contributed by atoms with E-state index in [9.17, 15) is 4.39 Å². The van der Waals surface area contributed by atoms with Gasteiger partial charge in [-0.3, -0.25) is 0 Å². The summed E-state index contributed by atoms with van der Waals surface area (Å²) < 4.78 is 12.9. The number of aryl methyl sites for hydroxylation is 2. The molecule has 0 aliphatic rings. The van der Waals surface area contributed by atoms with Gasteiger partial charge in [0.25, 0.3) is 0 Å². The fourth-order valence-corrected chi connectivity index (χ4v) is 2.55. The van der Waals surface area contributed by atoms with Gasteiger partial charge in [-0.1, -0.05) is 29.5 Å². The van der Waals surface area contributed by atoms with Crippen LogP contribution >= 0.6 is 11.8 Å². The lowest BCUT2D eigenvalue weighted by molar-refractivity contribution is 0.627. The molecule has 0 atom stereocenters. The van der Waals surface area contributed by atoms with Gasteiger partial charge in [0.1, 0.15) is 5.82 Å². The Labute approximate surface area is 105 Å². The summed E-state index contributed by atoms with van der Waals surface area (Å²) in [4.78, 5) is 2.03. The Kier molecular flexibility index (Phi) is 3.38. The predicted molar refractivity (Wildman–Crippen MR) is 70.9 cm³/mol. The summed E-state index contributed by atoms with van der Waals surface area (Å²) in [7, 11) is 0. The second-order valence-corrected chi connectivity index (χ2v) is 5.14. The first-order valence-electron chi connectivity index (χ1n) is 5.36. The Bertz CT molecular complexity index is 502. The van der Waals surface area contributed by atoms with Crippen LogP contribution < -0.4 is 5.73 Å². The highest BCUT2D eigenvalue weighted by atomic mass is 32.2. The standard InChI is InChI=1S/C14H14FNS/c1-9-3-5-13(10(2)7-9)17-14-6-4-11(15)8-12(14)16/h3-8H,16H2,1-2H3. The van der Waals surface area contributed by atoms with Crippen LogP contribution in [0.1, 0.15) is 11.1 Å². The van der Waals surface area contributed by atoms with E-state index in [2.05, 4.69) is 32.0 Å². The number of nitrogen functional groups attached to an aromatic ring is 1. The number of benzene rings is 2. The van der Waals surface area contributed by atoms with E-state index in [0.717, 1.165) is 9.79 Å². The summed E-state index contributed by atoms with van der Waals surface area (Å²) >= 11 is 1.57. The predicted octanol–water partition coefficient (Wildman–Crippen LogP) is 4.18. The SMILES string of the molecule is Cc1ccc(Sc2ccc(F)cc2N)c(C)c1. The van der Waals surface area contributed by atoms with Gasteiger partial charge in [0.2, 0.25) is 0 Å². The first-order valence-corrected chi connectivity index (χ1v) is 6.18. The molecular formula is C14H14FNS. The molecule has 3 heteroatoms. The second kappa shape index (κ2) is 4.80. The average Bonchev–Trinajstić information content (AvgIpc) is 2.25. The highest BCUT2D eigenvalue weighted by Crippen LogP contribution is 2.34. The summed E-state index contributed by atoms with van der Waals surface area (Å²) in [6, 6.07) is 10.8. The molecule has 0 spiro atoms. The van der Waals surface area contributed by atoms with Crippen LogP contribution in [0, 0.1) is 19.7 Å². The zero-order chi connectivity index (χ0) is 12.4. The van der Waals surface area contributed by atoms with Crippen LogP contribution in [0.15, 0.2) is 46.2 Å². The zero-order valence-electron chi connectivity index (χ0n) is 9.83. The molecule has 0 bridgehead atoms. The van der Waals surface area contributed by atoms with Crippen molar-refractivity contribution < 1.29 is 4.39 Å². The van der Waals surface area contributed by atoms with Crippen molar-refractivity contribution in [1.29, 1.82) is 0 Å². The summed E-state index contributed by atoms with van der Waals surface area (Å²) in [5.41, 5.74) is 8.71. The number of hydrogen-bond donors (Lipinski definition) is 1. The van der Waals surface area contributed by atoms with Crippen LogP contribution in [-0.4, -0.2) is 0 Å². The molecule has 0 radical (unpaired) electrons. The molecule has 17 heavy (non-hydrogen) atoms. The van der Waals surface area contributed by atoms with Gasteiger partial charge in [0, 0.05) is 15.5 Å². The fraction of sp³-hybridized carbons (Fsp3) is 0.143. The lowest BCUT2D eigenvalue weighted by Gasteiger charge is -2.08. The molecule has 0 aliphatic heterocycles. The van der Waals surface area contributed by atoms with Gasteiger partial charge in [-0.25, -0.2) is 4.39 Å². The van der Waals surface area contributed by atoms with Gasteiger partial charge >= 0.3 is 0 Å². The van der Waals surface area contributed by atoms with E-state index in [1.807, 2.05) is 0 Å². The molecular weight excluding hydrogens is 233 g/mol. The molecule has 0 aliphatic carbocycles. The first-order chi connectivity index (χ1) is 8.06. The van der Waals surface area contributed by atoms with E-state index in [1.54, 1.807) is 17.8 Å². The van der Waals surface area contributed by atoms with Crippen molar-refractivity contribution in [1.82, 2.24) is 0 Å². The van der Waals surface area contributed by atoms with E-state index in [0.29, 0.717) is 5.69 Å².